The van der Waals surface area contributed by atoms with Crippen LogP contribution in [0.2, 0.25) is 0 Å². The van der Waals surface area contributed by atoms with Crippen LogP contribution in [-0.2, 0) is 4.74 Å². The molecular weight excluding hydrogens is 362 g/mol. The van der Waals surface area contributed by atoms with Crippen molar-refractivity contribution in [1.29, 1.82) is 0 Å². The fourth-order valence-electron chi connectivity index (χ4n) is 3.03. The molecule has 1 amide bonds. The highest BCUT2D eigenvalue weighted by Gasteiger charge is 2.36. The van der Waals surface area contributed by atoms with Crippen LogP contribution in [0.15, 0.2) is 28.8 Å². The van der Waals surface area contributed by atoms with E-state index in [1.54, 1.807) is 12.0 Å². The van der Waals surface area contributed by atoms with Crippen molar-refractivity contribution in [2.45, 2.75) is 58.3 Å². The zero-order chi connectivity index (χ0) is 20.3. The van der Waals surface area contributed by atoms with Gasteiger partial charge in [0.25, 0.3) is 5.89 Å². The van der Waals surface area contributed by atoms with Crippen molar-refractivity contribution in [1.82, 2.24) is 15.0 Å². The van der Waals surface area contributed by atoms with Gasteiger partial charge in [-0.3, -0.25) is 4.90 Å². The van der Waals surface area contributed by atoms with Crippen molar-refractivity contribution in [3.8, 4) is 11.5 Å². The average molecular weight is 389 g/mol. The Bertz CT molecular complexity index is 797. The molecule has 2 aromatic rings. The van der Waals surface area contributed by atoms with Gasteiger partial charge >= 0.3 is 6.09 Å². The number of methoxy groups -OCH3 is 1. The lowest BCUT2D eigenvalue weighted by atomic mass is 10.2. The predicted molar refractivity (Wildman–Crippen MR) is 101 cm³/mol. The molecule has 1 aliphatic heterocycles. The number of hydrogen-bond acceptors (Lipinski definition) is 7. The number of nitrogens with zero attached hydrogens (tertiary/aromatic N) is 3. The van der Waals surface area contributed by atoms with E-state index in [2.05, 4.69) is 10.1 Å². The fraction of sp³-hybridized carbons (Fsp3) is 0.550. The number of benzene rings is 1. The maximum Gasteiger partial charge on any atom is 0.410 e. The number of carbonyl (C=O) groups excluding carboxylic acids is 1. The highest BCUT2D eigenvalue weighted by molar-refractivity contribution is 5.69. The lowest BCUT2D eigenvalue weighted by Crippen LogP contribution is -2.36. The minimum absolute atomic E-state index is 0.250. The van der Waals surface area contributed by atoms with Gasteiger partial charge in [-0.25, -0.2) is 4.79 Å². The van der Waals surface area contributed by atoms with E-state index in [1.165, 1.54) is 0 Å². The molecule has 1 aromatic heterocycles. The van der Waals surface area contributed by atoms with Gasteiger partial charge in [0.15, 0.2) is 11.9 Å². The lowest BCUT2D eigenvalue weighted by molar-refractivity contribution is 0.0217. The number of hydrogen-bond donors (Lipinski definition) is 0. The molecule has 2 unspecified atom stereocenters. The van der Waals surface area contributed by atoms with Crippen LogP contribution in [0.5, 0.6) is 11.5 Å². The maximum absolute atomic E-state index is 12.5. The van der Waals surface area contributed by atoms with Gasteiger partial charge in [-0.15, -0.1) is 0 Å². The zero-order valence-corrected chi connectivity index (χ0v) is 17.0. The molecule has 1 fully saturated rings. The molecule has 152 valence electrons. The second kappa shape index (κ2) is 8.08. The fourth-order valence-corrected chi connectivity index (χ4v) is 3.03. The minimum Gasteiger partial charge on any atom is -0.497 e. The third-order valence-electron chi connectivity index (χ3n) is 4.36. The number of aromatic nitrogens is 2. The van der Waals surface area contributed by atoms with E-state index in [1.807, 2.05) is 52.0 Å². The van der Waals surface area contributed by atoms with Gasteiger partial charge in [0.2, 0.25) is 0 Å². The predicted octanol–water partition coefficient (Wildman–Crippen LogP) is 4.29. The number of ether oxygens (including phenoxy) is 3. The van der Waals surface area contributed by atoms with Crippen LogP contribution >= 0.6 is 0 Å². The summed E-state index contributed by atoms with van der Waals surface area (Å²) in [7, 11) is 1.61. The van der Waals surface area contributed by atoms with Crippen LogP contribution in [0.4, 0.5) is 4.79 Å². The smallest absolute Gasteiger partial charge is 0.410 e. The second-order valence-corrected chi connectivity index (χ2v) is 7.76. The Morgan fingerprint density at radius 3 is 2.57 bits per heavy atom. The van der Waals surface area contributed by atoms with Gasteiger partial charge in [-0.2, -0.15) is 4.98 Å². The van der Waals surface area contributed by atoms with E-state index in [-0.39, 0.29) is 12.1 Å². The summed E-state index contributed by atoms with van der Waals surface area (Å²) in [4.78, 5) is 18.6. The summed E-state index contributed by atoms with van der Waals surface area (Å²) in [6.45, 7) is 7.99. The van der Waals surface area contributed by atoms with Crippen molar-refractivity contribution in [2.75, 3.05) is 13.7 Å². The molecule has 2 atom stereocenters. The van der Waals surface area contributed by atoms with Crippen LogP contribution in [0.3, 0.4) is 0 Å². The summed E-state index contributed by atoms with van der Waals surface area (Å²) in [5.41, 5.74) is -0.548. The van der Waals surface area contributed by atoms with Crippen LogP contribution < -0.4 is 9.47 Å². The average Bonchev–Trinajstić information content (AvgIpc) is 3.30. The molecule has 2 heterocycles. The van der Waals surface area contributed by atoms with Crippen molar-refractivity contribution in [3.63, 3.8) is 0 Å². The van der Waals surface area contributed by atoms with E-state index in [0.29, 0.717) is 24.0 Å². The third-order valence-corrected chi connectivity index (χ3v) is 4.36. The van der Waals surface area contributed by atoms with Gasteiger partial charge < -0.3 is 18.7 Å². The molecule has 8 heteroatoms. The number of amides is 1. The molecule has 8 nitrogen and oxygen atoms in total. The first kappa shape index (κ1) is 20.0. The molecule has 0 saturated carbocycles. The highest BCUT2D eigenvalue weighted by atomic mass is 16.6. The molecule has 0 aliphatic carbocycles. The highest BCUT2D eigenvalue weighted by Crippen LogP contribution is 2.32. The quantitative estimate of drug-likeness (QED) is 0.754. The van der Waals surface area contributed by atoms with Gasteiger partial charge in [-0.05, 0) is 64.8 Å². The standard InChI is InChI=1S/C20H27N3O5/c1-13(26-15-10-8-14(25-5)9-11-15)18-21-17(22-28-18)16-7-6-12-23(16)19(24)27-20(2,3)4/h8-11,13,16H,6-7,12H2,1-5H3. The molecule has 0 radical (unpaired) electrons. The molecule has 0 bridgehead atoms. The Hall–Kier alpha value is -2.77. The van der Waals surface area contributed by atoms with Crippen LogP contribution in [0, 0.1) is 0 Å². The first-order valence-electron chi connectivity index (χ1n) is 9.40. The summed E-state index contributed by atoms with van der Waals surface area (Å²) < 4.78 is 21.9. The van der Waals surface area contributed by atoms with Gasteiger partial charge in [-0.1, -0.05) is 5.16 Å². The van der Waals surface area contributed by atoms with E-state index >= 15 is 0 Å². The van der Waals surface area contributed by atoms with Gasteiger partial charge in [0, 0.05) is 6.54 Å². The molecule has 1 saturated heterocycles. The number of rotatable bonds is 5. The van der Waals surface area contributed by atoms with Crippen molar-refractivity contribution in [3.05, 3.63) is 36.0 Å². The molecule has 3 rings (SSSR count). The molecule has 1 aromatic carbocycles. The molecule has 0 spiro atoms. The Kier molecular flexibility index (Phi) is 5.76. The van der Waals surface area contributed by atoms with Gasteiger partial charge in [0.1, 0.15) is 17.1 Å². The minimum atomic E-state index is -0.548. The summed E-state index contributed by atoms with van der Waals surface area (Å²) in [6.07, 6.45) is 0.854. The summed E-state index contributed by atoms with van der Waals surface area (Å²) in [5.74, 6) is 2.26. The van der Waals surface area contributed by atoms with E-state index in [0.717, 1.165) is 18.6 Å². The van der Waals surface area contributed by atoms with Crippen LogP contribution in [0.1, 0.15) is 64.4 Å². The third kappa shape index (κ3) is 4.74. The number of likely N-dealkylation sites (tertiary alicyclic amines) is 1. The second-order valence-electron chi connectivity index (χ2n) is 7.76. The van der Waals surface area contributed by atoms with Crippen molar-refractivity contribution in [2.24, 2.45) is 0 Å². The zero-order valence-electron chi connectivity index (χ0n) is 17.0. The first-order valence-corrected chi connectivity index (χ1v) is 9.40. The normalized spacial score (nSPS) is 18.0. The Morgan fingerprint density at radius 1 is 1.25 bits per heavy atom. The van der Waals surface area contributed by atoms with Crippen molar-refractivity contribution >= 4 is 6.09 Å². The Labute approximate surface area is 164 Å². The summed E-state index contributed by atoms with van der Waals surface area (Å²) in [5, 5.41) is 4.08. The van der Waals surface area contributed by atoms with E-state index in [9.17, 15) is 4.79 Å². The van der Waals surface area contributed by atoms with Crippen LogP contribution in [-0.4, -0.2) is 40.4 Å². The van der Waals surface area contributed by atoms with Gasteiger partial charge in [0.05, 0.1) is 13.2 Å². The Morgan fingerprint density at radius 2 is 1.93 bits per heavy atom. The first-order chi connectivity index (χ1) is 13.3. The van der Waals surface area contributed by atoms with Crippen LogP contribution in [0.25, 0.3) is 0 Å². The molecule has 0 N–H and O–H groups in total. The number of carbonyl (C=O) groups is 1. The molecule has 1 aliphatic rings. The topological polar surface area (TPSA) is 86.9 Å². The largest absolute Gasteiger partial charge is 0.497 e. The summed E-state index contributed by atoms with van der Waals surface area (Å²) >= 11 is 0. The summed E-state index contributed by atoms with van der Waals surface area (Å²) in [6, 6.07) is 7.01. The van der Waals surface area contributed by atoms with E-state index < -0.39 is 11.7 Å². The monoisotopic (exact) mass is 389 g/mol. The van der Waals surface area contributed by atoms with E-state index in [4.69, 9.17) is 18.7 Å². The lowest BCUT2D eigenvalue weighted by Gasteiger charge is -2.27. The maximum atomic E-state index is 12.5. The molecular formula is C20H27N3O5. The Balaban J connectivity index is 1.67. The molecule has 28 heavy (non-hydrogen) atoms. The SMILES string of the molecule is COc1ccc(OC(C)c2nc(C3CCCN3C(=O)OC(C)(C)C)no2)cc1. The van der Waals surface area contributed by atoms with Crippen molar-refractivity contribution < 1.29 is 23.5 Å².